The van der Waals surface area contributed by atoms with Crippen LogP contribution in [0.4, 0.5) is 0 Å². The van der Waals surface area contributed by atoms with Gasteiger partial charge in [-0.3, -0.25) is 4.90 Å². The van der Waals surface area contributed by atoms with E-state index in [0.29, 0.717) is 18.3 Å². The van der Waals surface area contributed by atoms with Crippen LogP contribution >= 0.6 is 0 Å². The quantitative estimate of drug-likeness (QED) is 0.807. The third-order valence-electron chi connectivity index (χ3n) is 4.23. The second-order valence-corrected chi connectivity index (χ2v) is 6.16. The molecule has 0 N–H and O–H groups in total. The van der Waals surface area contributed by atoms with Gasteiger partial charge in [-0.05, 0) is 45.0 Å². The van der Waals surface area contributed by atoms with Gasteiger partial charge in [-0.25, -0.2) is 0 Å². The molecule has 1 aliphatic heterocycles. The van der Waals surface area contributed by atoms with Crippen LogP contribution in [0.1, 0.15) is 43.0 Å². The lowest BCUT2D eigenvalue weighted by molar-refractivity contribution is 0.214. The van der Waals surface area contributed by atoms with Gasteiger partial charge >= 0.3 is 0 Å². The van der Waals surface area contributed by atoms with Crippen molar-refractivity contribution in [1.29, 1.82) is 0 Å². The first-order valence-corrected chi connectivity index (χ1v) is 8.74. The van der Waals surface area contributed by atoms with Gasteiger partial charge < -0.3 is 9.26 Å². The number of aromatic nitrogens is 2. The maximum atomic E-state index is 6.01. The first-order valence-electron chi connectivity index (χ1n) is 8.74. The fourth-order valence-corrected chi connectivity index (χ4v) is 2.94. The predicted octanol–water partition coefficient (Wildman–Crippen LogP) is 3.80. The van der Waals surface area contributed by atoms with Crippen LogP contribution in [-0.4, -0.2) is 41.3 Å². The van der Waals surface area contributed by atoms with E-state index >= 15 is 0 Å². The zero-order valence-corrected chi connectivity index (χ0v) is 14.3. The smallest absolute Gasteiger partial charge is 0.250 e. The van der Waals surface area contributed by atoms with Gasteiger partial charge in [0.05, 0.1) is 0 Å². The van der Waals surface area contributed by atoms with E-state index in [4.69, 9.17) is 9.26 Å². The third kappa shape index (κ3) is 4.93. The minimum absolute atomic E-state index is 0.506. The zero-order chi connectivity index (χ0) is 16.6. The van der Waals surface area contributed by atoms with Gasteiger partial charge in [-0.15, -0.1) is 0 Å². The van der Waals surface area contributed by atoms with E-state index in [0.717, 1.165) is 17.9 Å². The van der Waals surface area contributed by atoms with Crippen molar-refractivity contribution in [3.8, 4) is 5.75 Å². The highest BCUT2D eigenvalue weighted by Gasteiger charge is 2.09. The number of hydrogen-bond acceptors (Lipinski definition) is 5. The van der Waals surface area contributed by atoms with Crippen molar-refractivity contribution in [2.75, 3.05) is 26.2 Å². The van der Waals surface area contributed by atoms with Crippen LogP contribution in [0.25, 0.3) is 12.2 Å². The largest absolute Gasteiger partial charge is 0.492 e. The summed E-state index contributed by atoms with van der Waals surface area (Å²) in [4.78, 5) is 6.68. The van der Waals surface area contributed by atoms with E-state index in [9.17, 15) is 0 Å². The molecule has 1 saturated heterocycles. The third-order valence-corrected chi connectivity index (χ3v) is 4.23. The van der Waals surface area contributed by atoms with Crippen LogP contribution in [0.15, 0.2) is 28.8 Å². The molecule has 0 bridgehead atoms. The molecule has 2 aromatic rings. The van der Waals surface area contributed by atoms with Gasteiger partial charge in [0.1, 0.15) is 12.4 Å². The van der Waals surface area contributed by atoms with Gasteiger partial charge in [0, 0.05) is 18.2 Å². The van der Waals surface area contributed by atoms with Crippen LogP contribution in [0.5, 0.6) is 5.75 Å². The molecule has 1 fully saturated rings. The lowest BCUT2D eigenvalue weighted by atomic mass is 10.2. The number of hydrogen-bond donors (Lipinski definition) is 0. The van der Waals surface area contributed by atoms with Crippen molar-refractivity contribution in [3.63, 3.8) is 0 Å². The lowest BCUT2D eigenvalue weighted by Crippen LogP contribution is -2.29. The molecule has 24 heavy (non-hydrogen) atoms. The van der Waals surface area contributed by atoms with Crippen molar-refractivity contribution < 1.29 is 9.26 Å². The number of rotatable bonds is 6. The van der Waals surface area contributed by atoms with Gasteiger partial charge in [-0.1, -0.05) is 36.2 Å². The Bertz CT molecular complexity index is 658. The fourth-order valence-electron chi connectivity index (χ4n) is 2.94. The monoisotopic (exact) mass is 327 g/mol. The Morgan fingerprint density at radius 3 is 2.67 bits per heavy atom. The molecule has 2 heterocycles. The maximum Gasteiger partial charge on any atom is 0.250 e. The van der Waals surface area contributed by atoms with Crippen molar-refractivity contribution in [1.82, 2.24) is 15.0 Å². The van der Waals surface area contributed by atoms with Crippen LogP contribution in [0.2, 0.25) is 0 Å². The summed E-state index contributed by atoms with van der Waals surface area (Å²) in [6.45, 7) is 5.90. The van der Waals surface area contributed by atoms with E-state index in [2.05, 4.69) is 15.0 Å². The maximum absolute atomic E-state index is 6.01. The Balaban J connectivity index is 1.56. The summed E-state index contributed by atoms with van der Waals surface area (Å²) in [6.07, 6.45) is 9.11. The highest BCUT2D eigenvalue weighted by Crippen LogP contribution is 2.20. The lowest BCUT2D eigenvalue weighted by Gasteiger charge is -2.20. The highest BCUT2D eigenvalue weighted by molar-refractivity contribution is 5.69. The average molecular weight is 327 g/mol. The molecule has 1 aliphatic rings. The molecule has 0 radical (unpaired) electrons. The summed E-state index contributed by atoms with van der Waals surface area (Å²) in [5.41, 5.74) is 1.02. The normalized spacial score (nSPS) is 16.4. The number of nitrogens with zero attached hydrogens (tertiary/aromatic N) is 3. The van der Waals surface area contributed by atoms with Crippen molar-refractivity contribution in [2.45, 2.75) is 32.6 Å². The molecule has 0 aliphatic carbocycles. The van der Waals surface area contributed by atoms with E-state index in [-0.39, 0.29) is 0 Å². The van der Waals surface area contributed by atoms with Crippen LogP contribution in [0, 0.1) is 6.92 Å². The first kappa shape index (κ1) is 16.7. The number of likely N-dealkylation sites (tertiary alicyclic amines) is 1. The summed E-state index contributed by atoms with van der Waals surface area (Å²) in [7, 11) is 0. The van der Waals surface area contributed by atoms with Crippen molar-refractivity contribution in [2.24, 2.45) is 0 Å². The molecule has 1 aromatic heterocycles. The Kier molecular flexibility index (Phi) is 6.01. The minimum atomic E-state index is 0.506. The number of aryl methyl sites for hydroxylation is 1. The molecule has 3 rings (SSSR count). The van der Waals surface area contributed by atoms with Crippen molar-refractivity contribution in [3.05, 3.63) is 41.5 Å². The van der Waals surface area contributed by atoms with E-state index in [1.54, 1.807) is 6.92 Å². The SMILES string of the molecule is Cc1noc(/C=C/c2ccccc2OCCN2CCCCCC2)n1. The number of para-hydroxylation sites is 1. The predicted molar refractivity (Wildman–Crippen MR) is 94.8 cm³/mol. The number of ether oxygens (including phenoxy) is 1. The standard InChI is InChI=1S/C19H25N3O2/c1-16-20-19(24-21-16)11-10-17-8-4-5-9-18(17)23-15-14-22-12-6-2-3-7-13-22/h4-5,8-11H,2-3,6-7,12-15H2,1H3/b11-10+. The van der Waals surface area contributed by atoms with Gasteiger partial charge in [0.2, 0.25) is 0 Å². The molecule has 0 saturated carbocycles. The molecule has 0 atom stereocenters. The first-order chi connectivity index (χ1) is 11.8. The van der Waals surface area contributed by atoms with Gasteiger partial charge in [0.15, 0.2) is 5.82 Å². The van der Waals surface area contributed by atoms with Crippen molar-refractivity contribution >= 4 is 12.2 Å². The summed E-state index contributed by atoms with van der Waals surface area (Å²) in [5.74, 6) is 2.03. The fraction of sp³-hybridized carbons (Fsp3) is 0.474. The molecule has 128 valence electrons. The molecule has 5 heteroatoms. The zero-order valence-electron chi connectivity index (χ0n) is 14.3. The molecule has 5 nitrogen and oxygen atoms in total. The summed E-state index contributed by atoms with van der Waals surface area (Å²) >= 11 is 0. The summed E-state index contributed by atoms with van der Waals surface area (Å²) < 4.78 is 11.1. The molecule has 0 unspecified atom stereocenters. The average Bonchev–Trinajstić information content (AvgIpc) is 2.84. The second-order valence-electron chi connectivity index (χ2n) is 6.16. The molecule has 0 amide bonds. The Morgan fingerprint density at radius 1 is 1.12 bits per heavy atom. The molecular weight excluding hydrogens is 302 g/mol. The van der Waals surface area contributed by atoms with E-state index < -0.39 is 0 Å². The minimum Gasteiger partial charge on any atom is -0.492 e. The molecular formula is C19H25N3O2. The Hall–Kier alpha value is -2.14. The van der Waals surface area contributed by atoms with E-state index in [1.165, 1.54) is 38.8 Å². The summed E-state index contributed by atoms with van der Waals surface area (Å²) in [5, 5.41) is 3.79. The highest BCUT2D eigenvalue weighted by atomic mass is 16.5. The van der Waals surface area contributed by atoms with Crippen LogP contribution in [-0.2, 0) is 0 Å². The summed E-state index contributed by atoms with van der Waals surface area (Å²) in [6, 6.07) is 8.03. The molecule has 0 spiro atoms. The van der Waals surface area contributed by atoms with Gasteiger partial charge in [0.25, 0.3) is 5.89 Å². The second kappa shape index (κ2) is 8.64. The van der Waals surface area contributed by atoms with E-state index in [1.807, 2.05) is 36.4 Å². The molecule has 1 aromatic carbocycles. The van der Waals surface area contributed by atoms with Gasteiger partial charge in [-0.2, -0.15) is 4.98 Å². The topological polar surface area (TPSA) is 51.4 Å². The van der Waals surface area contributed by atoms with Crippen LogP contribution < -0.4 is 4.74 Å². The van der Waals surface area contributed by atoms with Crippen LogP contribution in [0.3, 0.4) is 0 Å². The Morgan fingerprint density at radius 2 is 1.92 bits per heavy atom. The number of benzene rings is 1. The Labute approximate surface area is 143 Å².